The number of hydrogen-bond donors (Lipinski definition) is 3. The number of carbonyl (C=O) groups excluding carboxylic acids is 2. The number of epoxide rings is 1. The van der Waals surface area contributed by atoms with Crippen LogP contribution >= 0.6 is 0 Å². The number of ketones is 2. The molecule has 5 saturated carbocycles. The Morgan fingerprint density at radius 1 is 0.875 bits per heavy atom. The number of aliphatic hydroxyl groups excluding tert-OH is 1. The van der Waals surface area contributed by atoms with Gasteiger partial charge in [0.1, 0.15) is 17.6 Å². The first-order valence-electron chi connectivity index (χ1n) is 22.4. The monoisotopic (exact) mass is 762 g/mol. The number of phenolic OH excluding ortho intramolecular Hbond substituents is 1. The van der Waals surface area contributed by atoms with Crippen LogP contribution in [0.2, 0.25) is 0 Å². The minimum absolute atomic E-state index is 0.00345. The summed E-state index contributed by atoms with van der Waals surface area (Å²) in [7, 11) is 0. The Hall–Kier alpha value is -2.96. The number of carbonyl (C=O) groups is 2. The number of rotatable bonds is 8. The smallest absolute Gasteiger partial charge is 0.159 e. The van der Waals surface area contributed by atoms with Crippen LogP contribution in [-0.4, -0.2) is 39.6 Å². The van der Waals surface area contributed by atoms with E-state index >= 15 is 0 Å². The summed E-state index contributed by atoms with van der Waals surface area (Å²) in [4.78, 5) is 29.1. The van der Waals surface area contributed by atoms with Crippen LogP contribution in [0.1, 0.15) is 154 Å². The molecule has 7 aliphatic rings. The van der Waals surface area contributed by atoms with Gasteiger partial charge < -0.3 is 20.7 Å². The van der Waals surface area contributed by atoms with E-state index in [0.717, 1.165) is 68.2 Å². The maximum atomic E-state index is 14.6. The van der Waals surface area contributed by atoms with Gasteiger partial charge in [0.05, 0.1) is 11.7 Å². The molecule has 0 bridgehead atoms. The van der Waals surface area contributed by atoms with Gasteiger partial charge in [-0.1, -0.05) is 83.7 Å². The molecule has 6 heteroatoms. The molecule has 6 aliphatic carbocycles. The Labute approximate surface area is 335 Å². The van der Waals surface area contributed by atoms with E-state index in [4.69, 9.17) is 10.5 Å². The molecule has 4 N–H and O–H groups in total. The van der Waals surface area contributed by atoms with Gasteiger partial charge in [-0.3, -0.25) is 9.59 Å². The van der Waals surface area contributed by atoms with E-state index in [1.807, 2.05) is 24.3 Å². The Kier molecular flexibility index (Phi) is 9.14. The Morgan fingerprint density at radius 2 is 1.61 bits per heavy atom. The normalized spacial score (nSPS) is 41.6. The molecule has 302 valence electrons. The van der Waals surface area contributed by atoms with E-state index in [1.54, 1.807) is 6.07 Å². The predicted molar refractivity (Wildman–Crippen MR) is 221 cm³/mol. The molecule has 12 atom stereocenters. The van der Waals surface area contributed by atoms with Gasteiger partial charge in [0.2, 0.25) is 0 Å². The maximum Gasteiger partial charge on any atom is 0.159 e. The zero-order chi connectivity index (χ0) is 39.6. The lowest BCUT2D eigenvalue weighted by atomic mass is 9.33. The molecule has 0 unspecified atom stereocenters. The number of aliphatic hydroxyl groups is 1. The van der Waals surface area contributed by atoms with Crippen LogP contribution in [-0.2, 0) is 14.3 Å². The highest BCUT2D eigenvalue weighted by atomic mass is 16.6. The summed E-state index contributed by atoms with van der Waals surface area (Å²) in [5.74, 6) is 2.57. The number of benzene rings is 2. The van der Waals surface area contributed by atoms with Gasteiger partial charge in [0.25, 0.3) is 0 Å². The molecule has 0 spiro atoms. The summed E-state index contributed by atoms with van der Waals surface area (Å²) in [5.41, 5.74) is 10.4. The molecular formula is C50H67NO5. The number of hydrogen-bond acceptors (Lipinski definition) is 6. The SMILES string of the molecule is C[C@H](C[C@@H](O)[C@H]1O[C@]1(C)[C@@H]1CCC[C@H]1c1cccc(N)c1)C1=C2CC[C@@H]3[C@]4(C5CCCC5)C[C@H](c5cccc(O)c5)C(=O)C(C)(C)[C@@H]4CC[C@]3(C)[C@@]2(C)CC1=O. The van der Waals surface area contributed by atoms with Crippen molar-refractivity contribution in [1.82, 2.24) is 0 Å². The van der Waals surface area contributed by atoms with Gasteiger partial charge in [0.15, 0.2) is 5.78 Å². The van der Waals surface area contributed by atoms with Crippen molar-refractivity contribution in [3.05, 3.63) is 70.8 Å². The summed E-state index contributed by atoms with van der Waals surface area (Å²) in [5, 5.41) is 22.4. The third-order valence-corrected chi connectivity index (χ3v) is 18.5. The number of Topliss-reactive ketones (excluding diaryl/α,β-unsaturated/α-hetero) is 2. The van der Waals surface area contributed by atoms with Gasteiger partial charge >= 0.3 is 0 Å². The van der Waals surface area contributed by atoms with E-state index in [-0.39, 0.29) is 51.3 Å². The lowest BCUT2D eigenvalue weighted by molar-refractivity contribution is -0.207. The molecule has 1 aliphatic heterocycles. The summed E-state index contributed by atoms with van der Waals surface area (Å²) < 4.78 is 6.50. The van der Waals surface area contributed by atoms with Crippen molar-refractivity contribution in [2.24, 2.45) is 51.2 Å². The van der Waals surface area contributed by atoms with Crippen LogP contribution in [0.5, 0.6) is 5.75 Å². The fourth-order valence-corrected chi connectivity index (χ4v) is 15.8. The average Bonchev–Trinajstić information content (AvgIpc) is 3.58. The zero-order valence-corrected chi connectivity index (χ0v) is 34.9. The van der Waals surface area contributed by atoms with Gasteiger partial charge in [0, 0.05) is 28.9 Å². The largest absolute Gasteiger partial charge is 0.508 e. The van der Waals surface area contributed by atoms with Crippen molar-refractivity contribution in [1.29, 1.82) is 0 Å². The van der Waals surface area contributed by atoms with Gasteiger partial charge in [-0.2, -0.15) is 0 Å². The number of fused-ring (bicyclic) bond motifs is 5. The third kappa shape index (κ3) is 5.46. The molecule has 2 aromatic carbocycles. The summed E-state index contributed by atoms with van der Waals surface area (Å²) in [6.45, 7) is 13.8. The van der Waals surface area contributed by atoms with Crippen LogP contribution in [0.25, 0.3) is 0 Å². The highest BCUT2D eigenvalue weighted by molar-refractivity contribution is 6.00. The third-order valence-electron chi connectivity index (χ3n) is 18.5. The number of aromatic hydroxyl groups is 1. The fourth-order valence-electron chi connectivity index (χ4n) is 15.8. The first-order valence-corrected chi connectivity index (χ1v) is 22.4. The minimum atomic E-state index is -0.630. The predicted octanol–water partition coefficient (Wildman–Crippen LogP) is 10.5. The highest BCUT2D eigenvalue weighted by Crippen LogP contribution is 2.77. The second kappa shape index (κ2) is 13.3. The number of nitrogen functional groups attached to an aromatic ring is 1. The molecule has 0 amide bonds. The van der Waals surface area contributed by atoms with Crippen LogP contribution in [0.15, 0.2) is 59.7 Å². The van der Waals surface area contributed by atoms with Crippen LogP contribution < -0.4 is 5.73 Å². The highest BCUT2D eigenvalue weighted by Gasteiger charge is 2.72. The van der Waals surface area contributed by atoms with Gasteiger partial charge in [-0.15, -0.1) is 0 Å². The molecule has 1 heterocycles. The van der Waals surface area contributed by atoms with E-state index in [1.165, 1.54) is 36.8 Å². The number of ether oxygens (including phenoxy) is 1. The van der Waals surface area contributed by atoms with Crippen molar-refractivity contribution < 1.29 is 24.5 Å². The maximum absolute atomic E-state index is 14.6. The molecule has 56 heavy (non-hydrogen) atoms. The minimum Gasteiger partial charge on any atom is -0.508 e. The molecule has 2 aromatic rings. The first kappa shape index (κ1) is 38.6. The zero-order valence-electron chi connectivity index (χ0n) is 34.9. The second-order valence-electron chi connectivity index (χ2n) is 21.2. The molecule has 6 nitrogen and oxygen atoms in total. The second-order valence-corrected chi connectivity index (χ2v) is 21.2. The van der Waals surface area contributed by atoms with Gasteiger partial charge in [-0.05, 0) is 158 Å². The van der Waals surface area contributed by atoms with Crippen LogP contribution in [0.4, 0.5) is 5.69 Å². The molecule has 0 aromatic heterocycles. The van der Waals surface area contributed by atoms with Crippen molar-refractivity contribution in [3.63, 3.8) is 0 Å². The van der Waals surface area contributed by atoms with E-state index in [2.05, 4.69) is 59.7 Å². The fraction of sp³-hybridized carbons (Fsp3) is 0.680. The van der Waals surface area contributed by atoms with Crippen molar-refractivity contribution >= 4 is 17.3 Å². The molecule has 0 radical (unpaired) electrons. The number of nitrogens with two attached hydrogens (primary N) is 1. The van der Waals surface area contributed by atoms with Gasteiger partial charge in [-0.25, -0.2) is 0 Å². The van der Waals surface area contributed by atoms with Crippen LogP contribution in [0, 0.1) is 51.2 Å². The standard InChI is InChI=1S/C50H67NO5/c1-29(24-39(53)45-49(6,56-45)37-19-11-18-35(37)30-12-9-16-33(51)25-30)43-38-20-21-42-47(4,48(38,5)28-40(43)54)23-22-41-46(2,3)44(55)36(31-13-10-17-34(52)26-31)27-50(41,42)32-14-7-8-15-32/h9-10,12-13,16-17,25-26,29,32,35-37,39,41-42,45,52-53H,7-8,11,14-15,18-24,27-28,51H2,1-6H3/t29-,35+,36-,37-,39-,41+,42+,45-,47+,48+,49-,50+/m1/s1. The number of allylic oxidation sites excluding steroid dienone is 2. The molecule has 9 rings (SSSR count). The number of anilines is 1. The first-order chi connectivity index (χ1) is 26.6. The molecule has 6 fully saturated rings. The Morgan fingerprint density at radius 3 is 2.34 bits per heavy atom. The Balaban J connectivity index is 1.01. The number of phenols is 1. The topological polar surface area (TPSA) is 113 Å². The Bertz CT molecular complexity index is 1940. The summed E-state index contributed by atoms with van der Waals surface area (Å²) >= 11 is 0. The van der Waals surface area contributed by atoms with E-state index in [0.29, 0.717) is 48.2 Å². The van der Waals surface area contributed by atoms with Crippen molar-refractivity contribution in [3.8, 4) is 5.75 Å². The van der Waals surface area contributed by atoms with E-state index < -0.39 is 11.5 Å². The molecular weight excluding hydrogens is 695 g/mol. The average molecular weight is 762 g/mol. The van der Waals surface area contributed by atoms with Crippen molar-refractivity contribution in [2.45, 2.75) is 161 Å². The van der Waals surface area contributed by atoms with Crippen molar-refractivity contribution in [2.75, 3.05) is 5.73 Å². The summed E-state index contributed by atoms with van der Waals surface area (Å²) in [6.07, 6.45) is 13.4. The van der Waals surface area contributed by atoms with E-state index in [9.17, 15) is 19.8 Å². The lowest BCUT2D eigenvalue weighted by Crippen LogP contribution is -2.66. The molecule has 1 saturated heterocycles. The summed E-state index contributed by atoms with van der Waals surface area (Å²) in [6, 6.07) is 15.8. The quantitative estimate of drug-likeness (QED) is 0.182. The van der Waals surface area contributed by atoms with Crippen LogP contribution in [0.3, 0.4) is 0 Å². The lowest BCUT2D eigenvalue weighted by Gasteiger charge is -2.71.